The molecule has 0 spiro atoms. The van der Waals surface area contributed by atoms with Crippen LogP contribution in [0.15, 0.2) is 48.5 Å². The van der Waals surface area contributed by atoms with Crippen LogP contribution in [0.2, 0.25) is 0 Å². The van der Waals surface area contributed by atoms with Crippen molar-refractivity contribution in [1.82, 2.24) is 0 Å². The van der Waals surface area contributed by atoms with Gasteiger partial charge in [0.05, 0.1) is 0 Å². The van der Waals surface area contributed by atoms with E-state index in [0.29, 0.717) is 18.8 Å². The number of hydrogen-bond acceptors (Lipinski definition) is 2. The largest absolute Gasteiger partial charge is 0.488 e. The molecule has 1 aliphatic carbocycles. The van der Waals surface area contributed by atoms with Crippen LogP contribution in [0.25, 0.3) is 0 Å². The summed E-state index contributed by atoms with van der Waals surface area (Å²) in [6, 6.07) is 14.1. The normalized spacial score (nSPS) is 17.6. The first-order valence-corrected chi connectivity index (χ1v) is 6.73. The molecule has 0 aromatic heterocycles. The number of rotatable bonds is 4. The van der Waals surface area contributed by atoms with Crippen LogP contribution in [0, 0.1) is 5.82 Å². The highest BCUT2D eigenvalue weighted by atomic mass is 19.1. The molecule has 3 rings (SSSR count). The lowest BCUT2D eigenvalue weighted by molar-refractivity contribution is -0.125. The summed E-state index contributed by atoms with van der Waals surface area (Å²) >= 11 is 0. The second kappa shape index (κ2) is 5.45. The molecule has 0 aliphatic heterocycles. The summed E-state index contributed by atoms with van der Waals surface area (Å²) < 4.78 is 19.1. The van der Waals surface area contributed by atoms with E-state index in [1.54, 1.807) is 6.07 Å². The van der Waals surface area contributed by atoms with E-state index in [0.717, 1.165) is 17.5 Å². The Bertz CT molecular complexity index is 622. The molecule has 1 saturated carbocycles. The Morgan fingerprint density at radius 1 is 1.15 bits per heavy atom. The lowest BCUT2D eigenvalue weighted by atomic mass is 9.78. The molecule has 0 N–H and O–H groups in total. The first kappa shape index (κ1) is 12.9. The highest BCUT2D eigenvalue weighted by Crippen LogP contribution is 2.38. The van der Waals surface area contributed by atoms with Gasteiger partial charge in [-0.1, -0.05) is 36.4 Å². The molecular weight excluding hydrogens is 255 g/mol. The molecule has 0 heterocycles. The minimum atomic E-state index is -0.344. The third-order valence-corrected chi connectivity index (χ3v) is 3.66. The summed E-state index contributed by atoms with van der Waals surface area (Å²) in [5, 5.41) is 0. The van der Waals surface area contributed by atoms with Gasteiger partial charge >= 0.3 is 0 Å². The number of Topliss-reactive ketones (excluding diaryl/α,β-unsaturated/α-hetero) is 1. The average Bonchev–Trinajstić information content (AvgIpc) is 2.47. The molecule has 2 aromatic carbocycles. The Balaban J connectivity index is 1.81. The minimum Gasteiger partial charge on any atom is -0.488 e. The van der Waals surface area contributed by atoms with Crippen LogP contribution in [0.5, 0.6) is 5.75 Å². The van der Waals surface area contributed by atoms with Crippen LogP contribution in [0.4, 0.5) is 4.39 Å². The number of halogens is 1. The fraction of sp³-hybridized carbons (Fsp3) is 0.235. The molecule has 2 aromatic rings. The van der Waals surface area contributed by atoms with Crippen LogP contribution in [-0.2, 0) is 11.4 Å². The van der Waals surface area contributed by atoms with E-state index >= 15 is 0 Å². The Hall–Kier alpha value is -2.16. The van der Waals surface area contributed by atoms with E-state index in [2.05, 4.69) is 0 Å². The van der Waals surface area contributed by atoms with Crippen LogP contribution >= 0.6 is 0 Å². The Morgan fingerprint density at radius 2 is 1.95 bits per heavy atom. The molecule has 3 heteroatoms. The average molecular weight is 270 g/mol. The van der Waals surface area contributed by atoms with Gasteiger partial charge in [0.1, 0.15) is 24.0 Å². The van der Waals surface area contributed by atoms with Crippen LogP contribution in [-0.4, -0.2) is 5.78 Å². The first-order valence-electron chi connectivity index (χ1n) is 6.73. The Kier molecular flexibility index (Phi) is 3.50. The van der Waals surface area contributed by atoms with Crippen molar-refractivity contribution in [2.45, 2.75) is 25.4 Å². The van der Waals surface area contributed by atoms with Crippen LogP contribution < -0.4 is 4.74 Å². The lowest BCUT2D eigenvalue weighted by Crippen LogP contribution is -2.23. The number of benzene rings is 2. The van der Waals surface area contributed by atoms with Gasteiger partial charge in [0.2, 0.25) is 0 Å². The van der Waals surface area contributed by atoms with Gasteiger partial charge in [-0.2, -0.15) is 0 Å². The summed E-state index contributed by atoms with van der Waals surface area (Å²) in [5.74, 6) is 0.220. The molecular formula is C17H15FO2. The zero-order valence-corrected chi connectivity index (χ0v) is 11.0. The molecule has 0 radical (unpaired) electrons. The number of carbonyl (C=O) groups excluding carboxylic acids is 1. The Morgan fingerprint density at radius 3 is 2.60 bits per heavy atom. The molecule has 102 valence electrons. The molecule has 20 heavy (non-hydrogen) atoms. The summed E-state index contributed by atoms with van der Waals surface area (Å²) in [5.41, 5.74) is 1.82. The number of carbonyl (C=O) groups is 1. The molecule has 1 aliphatic rings. The summed E-state index contributed by atoms with van der Waals surface area (Å²) in [4.78, 5) is 11.6. The smallest absolute Gasteiger partial charge is 0.140 e. The maximum atomic E-state index is 13.4. The van der Waals surface area contributed by atoms with E-state index in [4.69, 9.17) is 4.74 Å². The van der Waals surface area contributed by atoms with Gasteiger partial charge in [0, 0.05) is 24.0 Å². The van der Waals surface area contributed by atoms with Crippen molar-refractivity contribution < 1.29 is 13.9 Å². The zero-order valence-electron chi connectivity index (χ0n) is 11.0. The minimum absolute atomic E-state index is 0.124. The van der Waals surface area contributed by atoms with Crippen molar-refractivity contribution in [3.63, 3.8) is 0 Å². The summed E-state index contributed by atoms with van der Waals surface area (Å²) in [6.07, 6.45) is 1.44. The van der Waals surface area contributed by atoms with E-state index in [-0.39, 0.29) is 17.5 Å². The van der Waals surface area contributed by atoms with Gasteiger partial charge in [-0.15, -0.1) is 0 Å². The van der Waals surface area contributed by atoms with E-state index in [1.807, 2.05) is 30.3 Å². The highest BCUT2D eigenvalue weighted by molar-refractivity contribution is 5.91. The number of ether oxygens (including phenoxy) is 1. The molecule has 1 unspecified atom stereocenters. The molecule has 0 amide bonds. The fourth-order valence-corrected chi connectivity index (χ4v) is 2.39. The fourth-order valence-electron chi connectivity index (χ4n) is 2.39. The van der Waals surface area contributed by atoms with Gasteiger partial charge in [-0.05, 0) is 18.1 Å². The van der Waals surface area contributed by atoms with Crippen molar-refractivity contribution in [3.8, 4) is 5.75 Å². The quantitative estimate of drug-likeness (QED) is 0.843. The summed E-state index contributed by atoms with van der Waals surface area (Å²) in [6.45, 7) is 0.373. The number of ketones is 1. The monoisotopic (exact) mass is 270 g/mol. The van der Waals surface area contributed by atoms with Gasteiger partial charge in [0.25, 0.3) is 0 Å². The van der Waals surface area contributed by atoms with E-state index in [9.17, 15) is 9.18 Å². The standard InChI is InChI=1S/C17H15FO2/c18-13-6-7-15(14-8-9-16(14)19)17(10-13)20-11-12-4-2-1-3-5-12/h1-7,10,14H,8-9,11H2. The third kappa shape index (κ3) is 2.57. The second-order valence-electron chi connectivity index (χ2n) is 5.01. The lowest BCUT2D eigenvalue weighted by Gasteiger charge is -2.26. The van der Waals surface area contributed by atoms with Crippen LogP contribution in [0.3, 0.4) is 0 Å². The van der Waals surface area contributed by atoms with Crippen molar-refractivity contribution in [1.29, 1.82) is 0 Å². The molecule has 0 bridgehead atoms. The highest BCUT2D eigenvalue weighted by Gasteiger charge is 2.31. The van der Waals surface area contributed by atoms with Crippen molar-refractivity contribution in [3.05, 3.63) is 65.5 Å². The van der Waals surface area contributed by atoms with Crippen LogP contribution in [0.1, 0.15) is 29.9 Å². The topological polar surface area (TPSA) is 26.3 Å². The predicted molar refractivity (Wildman–Crippen MR) is 74.2 cm³/mol. The predicted octanol–water partition coefficient (Wildman–Crippen LogP) is 3.85. The van der Waals surface area contributed by atoms with Gasteiger partial charge < -0.3 is 4.74 Å². The van der Waals surface area contributed by atoms with E-state index < -0.39 is 0 Å². The van der Waals surface area contributed by atoms with Crippen molar-refractivity contribution >= 4 is 5.78 Å². The Labute approximate surface area is 117 Å². The summed E-state index contributed by atoms with van der Waals surface area (Å²) in [7, 11) is 0. The zero-order chi connectivity index (χ0) is 13.9. The molecule has 1 fully saturated rings. The molecule has 2 nitrogen and oxygen atoms in total. The number of hydrogen-bond donors (Lipinski definition) is 0. The van der Waals surface area contributed by atoms with E-state index in [1.165, 1.54) is 12.1 Å². The SMILES string of the molecule is O=C1CCC1c1ccc(F)cc1OCc1ccccc1. The maximum absolute atomic E-state index is 13.4. The second-order valence-corrected chi connectivity index (χ2v) is 5.01. The van der Waals surface area contributed by atoms with Gasteiger partial charge in [0.15, 0.2) is 0 Å². The first-order chi connectivity index (χ1) is 9.74. The maximum Gasteiger partial charge on any atom is 0.140 e. The third-order valence-electron chi connectivity index (χ3n) is 3.66. The molecule has 1 atom stereocenters. The van der Waals surface area contributed by atoms with Crippen molar-refractivity contribution in [2.75, 3.05) is 0 Å². The van der Waals surface area contributed by atoms with Gasteiger partial charge in [-0.3, -0.25) is 4.79 Å². The van der Waals surface area contributed by atoms with Gasteiger partial charge in [-0.25, -0.2) is 4.39 Å². The van der Waals surface area contributed by atoms with Crippen molar-refractivity contribution in [2.24, 2.45) is 0 Å². The molecule has 0 saturated heterocycles.